The lowest BCUT2D eigenvalue weighted by molar-refractivity contribution is -0.116. The van der Waals surface area contributed by atoms with Crippen LogP contribution in [0.25, 0.3) is 0 Å². The van der Waals surface area contributed by atoms with Crippen molar-refractivity contribution in [1.82, 2.24) is 15.0 Å². The zero-order chi connectivity index (χ0) is 32.3. The number of benzene rings is 2. The monoisotopic (exact) mass is 628 g/mol. The topological polar surface area (TPSA) is 136 Å². The second kappa shape index (κ2) is 16.2. The lowest BCUT2D eigenvalue weighted by Crippen LogP contribution is -2.34. The molecule has 5 rings (SSSR count). The van der Waals surface area contributed by atoms with E-state index < -0.39 is 5.91 Å². The van der Waals surface area contributed by atoms with Crippen molar-refractivity contribution in [3.05, 3.63) is 48.0 Å². The van der Waals surface area contributed by atoms with Crippen molar-refractivity contribution in [2.45, 2.75) is 84.5 Å². The molecule has 0 unspecified atom stereocenters. The van der Waals surface area contributed by atoms with E-state index in [1.165, 1.54) is 31.4 Å². The van der Waals surface area contributed by atoms with Crippen molar-refractivity contribution in [3.8, 4) is 5.75 Å². The van der Waals surface area contributed by atoms with Crippen LogP contribution < -0.4 is 25.8 Å². The van der Waals surface area contributed by atoms with E-state index in [-0.39, 0.29) is 17.2 Å². The van der Waals surface area contributed by atoms with Crippen molar-refractivity contribution in [2.24, 2.45) is 5.92 Å². The number of rotatable bonds is 13. The molecule has 3 heterocycles. The Bertz CT molecular complexity index is 1410. The molecule has 0 radical (unpaired) electrons. The van der Waals surface area contributed by atoms with Crippen molar-refractivity contribution in [3.63, 3.8) is 0 Å². The van der Waals surface area contributed by atoms with E-state index in [1.54, 1.807) is 18.2 Å². The molecular formula is C35H48N8O3. The van der Waals surface area contributed by atoms with Crippen LogP contribution in [0.15, 0.2) is 42.5 Å². The van der Waals surface area contributed by atoms with Gasteiger partial charge in [0.2, 0.25) is 23.8 Å². The Hall–Kier alpha value is -4.41. The van der Waals surface area contributed by atoms with E-state index >= 15 is 0 Å². The Kier molecular flexibility index (Phi) is 11.6. The first-order valence-electron chi connectivity index (χ1n) is 16.9. The van der Waals surface area contributed by atoms with Gasteiger partial charge in [-0.15, -0.1) is 0 Å². The van der Waals surface area contributed by atoms with Gasteiger partial charge in [-0.2, -0.15) is 15.0 Å². The van der Waals surface area contributed by atoms with Gasteiger partial charge < -0.3 is 30.9 Å². The highest BCUT2D eigenvalue weighted by molar-refractivity contribution is 6.06. The highest BCUT2D eigenvalue weighted by Crippen LogP contribution is 2.26. The maximum Gasteiger partial charge on any atom is 0.259 e. The Labute approximate surface area is 272 Å². The third kappa shape index (κ3) is 9.55. The zero-order valence-corrected chi connectivity index (χ0v) is 27.2. The number of aromatic nitrogens is 3. The van der Waals surface area contributed by atoms with Crippen LogP contribution in [-0.4, -0.2) is 58.1 Å². The normalized spacial score (nSPS) is 15.1. The number of carbonyl (C=O) groups is 2. The number of phenols is 1. The summed E-state index contributed by atoms with van der Waals surface area (Å²) in [6.45, 7) is 8.19. The average Bonchev–Trinajstić information content (AvgIpc) is 3.06. The second-order valence-corrected chi connectivity index (χ2v) is 12.8. The highest BCUT2D eigenvalue weighted by atomic mass is 16.3. The van der Waals surface area contributed by atoms with Crippen molar-refractivity contribution in [1.29, 1.82) is 0 Å². The fraction of sp³-hybridized carbons (Fsp3) is 0.514. The summed E-state index contributed by atoms with van der Waals surface area (Å²) in [5, 5.41) is 19.5. The van der Waals surface area contributed by atoms with E-state index in [0.717, 1.165) is 76.8 Å². The van der Waals surface area contributed by atoms with Crippen LogP contribution >= 0.6 is 0 Å². The summed E-state index contributed by atoms with van der Waals surface area (Å²) < 4.78 is 0. The number of carbonyl (C=O) groups excluding carboxylic acids is 2. The van der Waals surface area contributed by atoms with Gasteiger partial charge in [0.1, 0.15) is 5.75 Å². The summed E-state index contributed by atoms with van der Waals surface area (Å²) in [7, 11) is 0. The molecule has 0 bridgehead atoms. The van der Waals surface area contributed by atoms with Crippen molar-refractivity contribution < 1.29 is 14.7 Å². The molecule has 2 amide bonds. The number of hydrogen-bond acceptors (Lipinski definition) is 9. The molecule has 11 heteroatoms. The zero-order valence-electron chi connectivity index (χ0n) is 27.2. The molecular weight excluding hydrogens is 580 g/mol. The quantitative estimate of drug-likeness (QED) is 0.146. The molecule has 246 valence electrons. The Morgan fingerprint density at radius 2 is 1.33 bits per heavy atom. The minimum atomic E-state index is -0.448. The number of amides is 2. The molecule has 4 N–H and O–H groups in total. The van der Waals surface area contributed by atoms with E-state index in [2.05, 4.69) is 39.6 Å². The number of hydrogen-bond donors (Lipinski definition) is 4. The maximum atomic E-state index is 13.0. The molecule has 1 aromatic heterocycles. The summed E-state index contributed by atoms with van der Waals surface area (Å²) in [6.07, 6.45) is 11.6. The summed E-state index contributed by atoms with van der Waals surface area (Å²) in [5.74, 6) is 1.85. The Balaban J connectivity index is 1.17. The molecule has 2 aliphatic heterocycles. The number of piperidine rings is 2. The summed E-state index contributed by atoms with van der Waals surface area (Å²) in [6, 6.07) is 11.8. The number of nitrogens with zero attached hydrogens (tertiary/aromatic N) is 5. The minimum Gasteiger partial charge on any atom is -0.507 e. The summed E-state index contributed by atoms with van der Waals surface area (Å²) in [4.78, 5) is 44.1. The predicted octanol–water partition coefficient (Wildman–Crippen LogP) is 7.10. The van der Waals surface area contributed by atoms with Gasteiger partial charge in [0.05, 0.1) is 5.56 Å². The Morgan fingerprint density at radius 3 is 1.91 bits per heavy atom. The number of phenolic OH excluding ortho intramolecular Hbond substituents is 1. The van der Waals surface area contributed by atoms with Gasteiger partial charge >= 0.3 is 0 Å². The average molecular weight is 629 g/mol. The van der Waals surface area contributed by atoms with Gasteiger partial charge in [0.15, 0.2) is 0 Å². The van der Waals surface area contributed by atoms with E-state index in [0.29, 0.717) is 41.6 Å². The molecule has 0 aliphatic carbocycles. The minimum absolute atomic E-state index is 0.0996. The third-order valence-corrected chi connectivity index (χ3v) is 8.50. The number of nitrogens with one attached hydrogen (secondary N) is 3. The van der Waals surface area contributed by atoms with Crippen LogP contribution in [0.4, 0.5) is 34.9 Å². The maximum absolute atomic E-state index is 13.0. The number of unbranched alkanes of at least 4 members (excludes halogenated alkanes) is 2. The van der Waals surface area contributed by atoms with Crippen LogP contribution in [0.5, 0.6) is 5.75 Å². The molecule has 2 fully saturated rings. The van der Waals surface area contributed by atoms with Gasteiger partial charge in [0, 0.05) is 55.7 Å². The van der Waals surface area contributed by atoms with Crippen LogP contribution in [0.1, 0.15) is 94.8 Å². The molecule has 0 atom stereocenters. The van der Waals surface area contributed by atoms with Gasteiger partial charge in [0.25, 0.3) is 5.91 Å². The number of aromatic hydroxyl groups is 1. The van der Waals surface area contributed by atoms with Crippen LogP contribution in [-0.2, 0) is 4.79 Å². The standard InChI is InChI=1S/C35H48N8O3/c1-25(2)12-6-3-7-13-31(45)36-28-18-19-29(30(44)24-28)32(46)37-26-14-16-27(17-15-26)38-33-39-34(42-20-8-4-9-21-42)41-35(40-33)43-22-10-5-11-23-43/h14-19,24-25,44H,3-13,20-23H2,1-2H3,(H,36,45)(H,37,46)(H,38,39,40,41). The second-order valence-electron chi connectivity index (χ2n) is 12.8. The molecule has 2 aromatic carbocycles. The SMILES string of the molecule is CC(C)CCCCCC(=O)Nc1ccc(C(=O)Nc2ccc(Nc3nc(N4CCCCC4)nc(N4CCCCC4)n3)cc2)c(O)c1. The molecule has 2 saturated heterocycles. The van der Waals surface area contributed by atoms with E-state index in [4.69, 9.17) is 15.0 Å². The lowest BCUT2D eigenvalue weighted by Gasteiger charge is -2.30. The van der Waals surface area contributed by atoms with Gasteiger partial charge in [-0.25, -0.2) is 0 Å². The first-order chi connectivity index (χ1) is 22.3. The Morgan fingerprint density at radius 1 is 0.739 bits per heavy atom. The van der Waals surface area contributed by atoms with Crippen molar-refractivity contribution >= 4 is 46.7 Å². The smallest absolute Gasteiger partial charge is 0.259 e. The highest BCUT2D eigenvalue weighted by Gasteiger charge is 2.21. The first-order valence-corrected chi connectivity index (χ1v) is 16.9. The summed E-state index contributed by atoms with van der Waals surface area (Å²) >= 11 is 0. The molecule has 46 heavy (non-hydrogen) atoms. The van der Waals surface area contributed by atoms with Gasteiger partial charge in [-0.3, -0.25) is 9.59 Å². The molecule has 0 saturated carbocycles. The molecule has 0 spiro atoms. The van der Waals surface area contributed by atoms with Gasteiger partial charge in [-0.05, 0) is 87.3 Å². The third-order valence-electron chi connectivity index (χ3n) is 8.50. The van der Waals surface area contributed by atoms with E-state index in [1.807, 2.05) is 12.1 Å². The van der Waals surface area contributed by atoms with E-state index in [9.17, 15) is 14.7 Å². The molecule has 2 aliphatic rings. The van der Waals surface area contributed by atoms with Crippen molar-refractivity contribution in [2.75, 3.05) is 51.9 Å². The fourth-order valence-electron chi connectivity index (χ4n) is 5.88. The lowest BCUT2D eigenvalue weighted by atomic mass is 10.0. The predicted molar refractivity (Wildman–Crippen MR) is 184 cm³/mol. The first kappa shape index (κ1) is 33.0. The van der Waals surface area contributed by atoms with Gasteiger partial charge in [-0.1, -0.05) is 33.1 Å². The number of anilines is 6. The summed E-state index contributed by atoms with van der Waals surface area (Å²) in [5.41, 5.74) is 1.93. The molecule has 11 nitrogen and oxygen atoms in total. The van der Waals surface area contributed by atoms with Crippen LogP contribution in [0.3, 0.4) is 0 Å². The van der Waals surface area contributed by atoms with Crippen LogP contribution in [0.2, 0.25) is 0 Å². The molecule has 3 aromatic rings. The van der Waals surface area contributed by atoms with Crippen LogP contribution in [0, 0.1) is 5.92 Å². The fourth-order valence-corrected chi connectivity index (χ4v) is 5.88. The largest absolute Gasteiger partial charge is 0.507 e.